The van der Waals surface area contributed by atoms with E-state index in [4.69, 9.17) is 0 Å². The van der Waals surface area contributed by atoms with Crippen LogP contribution in [-0.2, 0) is 15.8 Å². The summed E-state index contributed by atoms with van der Waals surface area (Å²) >= 11 is 0.968. The molecule has 2 N–H and O–H groups in total. The fourth-order valence-corrected chi connectivity index (χ4v) is 2.76. The first-order valence-corrected chi connectivity index (χ1v) is 8.86. The number of thioether (sulfide) groups is 1. The molecule has 27 heavy (non-hydrogen) atoms. The zero-order valence-corrected chi connectivity index (χ0v) is 15.0. The van der Waals surface area contributed by atoms with Gasteiger partial charge in [0.1, 0.15) is 5.82 Å². The van der Waals surface area contributed by atoms with E-state index in [2.05, 4.69) is 10.6 Å². The quantitative estimate of drug-likeness (QED) is 0.700. The molecule has 2 aromatic rings. The van der Waals surface area contributed by atoms with Gasteiger partial charge in [-0.1, -0.05) is 12.1 Å². The van der Waals surface area contributed by atoms with Crippen LogP contribution in [0.4, 0.5) is 28.9 Å². The Bertz CT molecular complexity index is 810. The molecule has 0 aliphatic carbocycles. The number of hydrogen-bond acceptors (Lipinski definition) is 3. The standard InChI is InChI=1S/C18H16F4N2O2S/c1-11(27-10-16(25)23-13-8-6-12(19)7-9-13)17(26)24-15-5-3-2-4-14(15)18(20,21)22/h2-9,11H,10H2,1H3,(H,23,25)(H,24,26)/t11-/m1/s1. The van der Waals surface area contributed by atoms with Crippen LogP contribution in [0.15, 0.2) is 48.5 Å². The van der Waals surface area contributed by atoms with E-state index in [0.717, 1.165) is 17.8 Å². The number of alkyl halides is 3. The van der Waals surface area contributed by atoms with Gasteiger partial charge in [-0.3, -0.25) is 9.59 Å². The summed E-state index contributed by atoms with van der Waals surface area (Å²) < 4.78 is 51.7. The number of rotatable bonds is 6. The summed E-state index contributed by atoms with van der Waals surface area (Å²) in [6.45, 7) is 1.49. The Kier molecular flexibility index (Phi) is 6.84. The van der Waals surface area contributed by atoms with E-state index in [1.165, 1.54) is 49.4 Å². The normalized spacial score (nSPS) is 12.3. The predicted octanol–water partition coefficient (Wildman–Crippen LogP) is 4.54. The molecule has 1 atom stereocenters. The lowest BCUT2D eigenvalue weighted by molar-refractivity contribution is -0.137. The predicted molar refractivity (Wildman–Crippen MR) is 97.0 cm³/mol. The van der Waals surface area contributed by atoms with Crippen molar-refractivity contribution in [2.75, 3.05) is 16.4 Å². The largest absolute Gasteiger partial charge is 0.418 e. The molecule has 0 saturated carbocycles. The minimum absolute atomic E-state index is 0.0904. The molecule has 0 aliphatic rings. The summed E-state index contributed by atoms with van der Waals surface area (Å²) in [6, 6.07) is 9.83. The number of halogens is 4. The van der Waals surface area contributed by atoms with Crippen LogP contribution in [0.25, 0.3) is 0 Å². The lowest BCUT2D eigenvalue weighted by Crippen LogP contribution is -2.26. The van der Waals surface area contributed by atoms with Crippen LogP contribution in [0, 0.1) is 5.82 Å². The van der Waals surface area contributed by atoms with Gasteiger partial charge in [-0.2, -0.15) is 13.2 Å². The monoisotopic (exact) mass is 400 g/mol. The van der Waals surface area contributed by atoms with E-state index >= 15 is 0 Å². The summed E-state index contributed by atoms with van der Waals surface area (Å²) in [7, 11) is 0. The van der Waals surface area contributed by atoms with Crippen LogP contribution >= 0.6 is 11.8 Å². The average molecular weight is 400 g/mol. The van der Waals surface area contributed by atoms with Crippen molar-refractivity contribution in [3.05, 3.63) is 59.9 Å². The average Bonchev–Trinajstić information content (AvgIpc) is 2.61. The molecule has 2 aromatic carbocycles. The van der Waals surface area contributed by atoms with Crippen molar-refractivity contribution in [2.45, 2.75) is 18.3 Å². The zero-order chi connectivity index (χ0) is 20.0. The van der Waals surface area contributed by atoms with E-state index in [1.54, 1.807) is 0 Å². The molecule has 0 unspecified atom stereocenters. The Morgan fingerprint density at radius 3 is 2.30 bits per heavy atom. The second-order valence-corrected chi connectivity index (χ2v) is 6.87. The minimum Gasteiger partial charge on any atom is -0.325 e. The highest BCUT2D eigenvalue weighted by molar-refractivity contribution is 8.01. The molecule has 4 nitrogen and oxygen atoms in total. The van der Waals surface area contributed by atoms with Gasteiger partial charge in [-0.05, 0) is 43.3 Å². The molecule has 144 valence electrons. The maximum atomic E-state index is 13.0. The SMILES string of the molecule is C[C@@H](SCC(=O)Nc1ccc(F)cc1)C(=O)Nc1ccccc1C(F)(F)F. The number of carbonyl (C=O) groups is 2. The summed E-state index contributed by atoms with van der Waals surface area (Å²) in [6.07, 6.45) is -4.59. The Hall–Kier alpha value is -2.55. The molecule has 0 bridgehead atoms. The van der Waals surface area contributed by atoms with Gasteiger partial charge in [-0.25, -0.2) is 4.39 Å². The smallest absolute Gasteiger partial charge is 0.325 e. The van der Waals surface area contributed by atoms with E-state index in [-0.39, 0.29) is 11.4 Å². The number of hydrogen-bond donors (Lipinski definition) is 2. The van der Waals surface area contributed by atoms with Crippen LogP contribution < -0.4 is 10.6 Å². The molecular formula is C18H16F4N2O2S. The number of carbonyl (C=O) groups excluding carboxylic acids is 2. The van der Waals surface area contributed by atoms with E-state index in [9.17, 15) is 27.2 Å². The van der Waals surface area contributed by atoms with Gasteiger partial charge in [-0.15, -0.1) is 11.8 Å². The van der Waals surface area contributed by atoms with Gasteiger partial charge in [0.2, 0.25) is 11.8 Å². The van der Waals surface area contributed by atoms with E-state index < -0.39 is 34.6 Å². The van der Waals surface area contributed by atoms with Crippen molar-refractivity contribution in [2.24, 2.45) is 0 Å². The van der Waals surface area contributed by atoms with Crippen molar-refractivity contribution in [3.8, 4) is 0 Å². The highest BCUT2D eigenvalue weighted by Gasteiger charge is 2.33. The molecule has 0 spiro atoms. The highest BCUT2D eigenvalue weighted by atomic mass is 32.2. The summed E-state index contributed by atoms with van der Waals surface area (Å²) in [4.78, 5) is 24.0. The van der Waals surface area contributed by atoms with Gasteiger partial charge in [0.05, 0.1) is 22.3 Å². The Morgan fingerprint density at radius 2 is 1.67 bits per heavy atom. The Morgan fingerprint density at radius 1 is 1.04 bits per heavy atom. The molecule has 0 fully saturated rings. The number of para-hydroxylation sites is 1. The van der Waals surface area contributed by atoms with E-state index in [0.29, 0.717) is 5.69 Å². The minimum atomic E-state index is -4.59. The van der Waals surface area contributed by atoms with Gasteiger partial charge < -0.3 is 10.6 Å². The van der Waals surface area contributed by atoms with Gasteiger partial charge in [0.25, 0.3) is 0 Å². The summed E-state index contributed by atoms with van der Waals surface area (Å²) in [5.74, 6) is -1.59. The molecule has 0 aliphatic heterocycles. The molecule has 0 aromatic heterocycles. The van der Waals surface area contributed by atoms with Crippen molar-refractivity contribution in [3.63, 3.8) is 0 Å². The Balaban J connectivity index is 1.89. The van der Waals surface area contributed by atoms with Crippen LogP contribution in [0.2, 0.25) is 0 Å². The van der Waals surface area contributed by atoms with Crippen LogP contribution in [0.1, 0.15) is 12.5 Å². The maximum Gasteiger partial charge on any atom is 0.418 e. The maximum absolute atomic E-state index is 13.0. The highest BCUT2D eigenvalue weighted by Crippen LogP contribution is 2.34. The number of amides is 2. The van der Waals surface area contributed by atoms with Crippen molar-refractivity contribution < 1.29 is 27.2 Å². The van der Waals surface area contributed by atoms with Gasteiger partial charge in [0, 0.05) is 5.69 Å². The van der Waals surface area contributed by atoms with Crippen LogP contribution in [0.5, 0.6) is 0 Å². The molecule has 0 radical (unpaired) electrons. The first kappa shape index (κ1) is 20.8. The number of benzene rings is 2. The summed E-state index contributed by atoms with van der Waals surface area (Å²) in [5, 5.41) is 4.02. The third kappa shape index (κ3) is 6.28. The molecule has 0 saturated heterocycles. The zero-order valence-electron chi connectivity index (χ0n) is 14.1. The summed E-state index contributed by atoms with van der Waals surface area (Å²) in [5.41, 5.74) is -0.874. The third-order valence-corrected chi connectivity index (χ3v) is 4.59. The fraction of sp³-hybridized carbons (Fsp3) is 0.222. The van der Waals surface area contributed by atoms with Gasteiger partial charge in [0.15, 0.2) is 0 Å². The van der Waals surface area contributed by atoms with Crippen LogP contribution in [0.3, 0.4) is 0 Å². The topological polar surface area (TPSA) is 58.2 Å². The fourth-order valence-electron chi connectivity index (χ4n) is 2.08. The molecule has 2 amide bonds. The molecule has 2 rings (SSSR count). The third-order valence-electron chi connectivity index (χ3n) is 3.45. The van der Waals surface area contributed by atoms with Gasteiger partial charge >= 0.3 is 6.18 Å². The molecule has 9 heteroatoms. The second kappa shape index (κ2) is 8.90. The van der Waals surface area contributed by atoms with Crippen LogP contribution in [-0.4, -0.2) is 22.8 Å². The molecular weight excluding hydrogens is 384 g/mol. The number of nitrogens with one attached hydrogen (secondary N) is 2. The molecule has 0 heterocycles. The van der Waals surface area contributed by atoms with Crippen molar-refractivity contribution in [1.29, 1.82) is 0 Å². The second-order valence-electron chi connectivity index (χ2n) is 5.54. The Labute approximate surface area is 157 Å². The lowest BCUT2D eigenvalue weighted by Gasteiger charge is -2.16. The van der Waals surface area contributed by atoms with Crippen molar-refractivity contribution in [1.82, 2.24) is 0 Å². The number of anilines is 2. The first-order valence-electron chi connectivity index (χ1n) is 7.81. The van der Waals surface area contributed by atoms with E-state index in [1.807, 2.05) is 0 Å². The van der Waals surface area contributed by atoms with Crippen molar-refractivity contribution >= 4 is 35.0 Å². The lowest BCUT2D eigenvalue weighted by atomic mass is 10.1. The first-order chi connectivity index (χ1) is 12.7.